The van der Waals surface area contributed by atoms with Gasteiger partial charge >= 0.3 is 29.6 Å². The molecule has 10 heteroatoms. The van der Waals surface area contributed by atoms with Gasteiger partial charge in [-0.25, -0.2) is 8.42 Å². The number of anilines is 1. The maximum absolute atomic E-state index is 10.8. The summed E-state index contributed by atoms with van der Waals surface area (Å²) in [7, 11) is -4.15. The molecule has 2 aromatic carbocycles. The third kappa shape index (κ3) is 10.1. The Morgan fingerprint density at radius 2 is 1.63 bits per heavy atom. The maximum Gasteiger partial charge on any atom is 1.00 e. The first-order valence-electron chi connectivity index (χ1n) is 9.44. The van der Waals surface area contributed by atoms with E-state index in [1.54, 1.807) is 18.2 Å². The standard InChI is InChI=1S/C20H25Cl2N3O3S.Na/c1-2-3-12-25(13-4-5-14-29(26,27)28)18-9-7-17(8-10-18)23-24-20-15-16(21)6-11-19(20)22;/h6-11,15H,2-5,12-14H2,1H3,(H,26,27,28);/q;+1/p-1. The van der Waals surface area contributed by atoms with E-state index in [4.69, 9.17) is 23.2 Å². The molecule has 0 aliphatic carbocycles. The minimum Gasteiger partial charge on any atom is -0.748 e. The fourth-order valence-corrected chi connectivity index (χ4v) is 3.58. The first kappa shape index (κ1) is 27.4. The molecule has 0 aliphatic rings. The van der Waals surface area contributed by atoms with Crippen molar-refractivity contribution >= 4 is 50.4 Å². The molecule has 0 N–H and O–H groups in total. The number of nitrogens with zero attached hydrogens (tertiary/aromatic N) is 3. The molecule has 0 fully saturated rings. The number of rotatable bonds is 11. The molecule has 0 spiro atoms. The zero-order chi connectivity index (χ0) is 21.3. The number of unbranched alkanes of at least 4 members (excludes halogenated alkanes) is 2. The van der Waals surface area contributed by atoms with Gasteiger partial charge in [0.05, 0.1) is 20.8 Å². The first-order valence-corrected chi connectivity index (χ1v) is 11.8. The van der Waals surface area contributed by atoms with E-state index >= 15 is 0 Å². The largest absolute Gasteiger partial charge is 1.00 e. The van der Waals surface area contributed by atoms with Crippen molar-refractivity contribution in [1.82, 2.24) is 0 Å². The number of halogens is 2. The van der Waals surface area contributed by atoms with Crippen LogP contribution in [-0.4, -0.2) is 31.8 Å². The Bertz CT molecular complexity index is 925. The van der Waals surface area contributed by atoms with Crippen LogP contribution in [0.2, 0.25) is 10.0 Å². The molecule has 0 atom stereocenters. The third-order valence-electron chi connectivity index (χ3n) is 4.25. The van der Waals surface area contributed by atoms with Crippen molar-refractivity contribution < 1.29 is 42.5 Å². The zero-order valence-corrected chi connectivity index (χ0v) is 21.6. The van der Waals surface area contributed by atoms with Gasteiger partial charge in [0.1, 0.15) is 5.69 Å². The summed E-state index contributed by atoms with van der Waals surface area (Å²) in [5.74, 6) is -0.319. The van der Waals surface area contributed by atoms with Crippen molar-refractivity contribution in [3.63, 3.8) is 0 Å². The van der Waals surface area contributed by atoms with Gasteiger partial charge in [-0.3, -0.25) is 0 Å². The van der Waals surface area contributed by atoms with Crippen LogP contribution < -0.4 is 34.5 Å². The molecule has 2 rings (SSSR count). The maximum atomic E-state index is 10.8. The molecule has 0 amide bonds. The van der Waals surface area contributed by atoms with Gasteiger partial charge in [-0.05, 0) is 61.7 Å². The summed E-state index contributed by atoms with van der Waals surface area (Å²) in [5.41, 5.74) is 2.20. The van der Waals surface area contributed by atoms with E-state index in [-0.39, 0.29) is 35.3 Å². The molecule has 0 aromatic heterocycles. The van der Waals surface area contributed by atoms with Crippen molar-refractivity contribution in [2.24, 2.45) is 10.2 Å². The van der Waals surface area contributed by atoms with Crippen molar-refractivity contribution in [2.75, 3.05) is 23.7 Å². The van der Waals surface area contributed by atoms with Gasteiger partial charge in [0.15, 0.2) is 0 Å². The second kappa shape index (κ2) is 13.7. The van der Waals surface area contributed by atoms with Crippen molar-refractivity contribution in [3.8, 4) is 0 Å². The Morgan fingerprint density at radius 1 is 0.967 bits per heavy atom. The van der Waals surface area contributed by atoms with Crippen LogP contribution in [0.4, 0.5) is 17.1 Å². The monoisotopic (exact) mass is 479 g/mol. The van der Waals surface area contributed by atoms with E-state index < -0.39 is 10.1 Å². The van der Waals surface area contributed by atoms with Gasteiger partial charge in [0.2, 0.25) is 0 Å². The number of hydrogen-bond donors (Lipinski definition) is 0. The van der Waals surface area contributed by atoms with E-state index in [1.165, 1.54) is 0 Å². The number of benzene rings is 2. The van der Waals surface area contributed by atoms with Gasteiger partial charge in [0.25, 0.3) is 0 Å². The van der Waals surface area contributed by atoms with Crippen LogP contribution in [-0.2, 0) is 10.1 Å². The molecular formula is C20H24Cl2N3NaO3S. The summed E-state index contributed by atoms with van der Waals surface area (Å²) in [6, 6.07) is 12.6. The average Bonchev–Trinajstić information content (AvgIpc) is 2.68. The minimum absolute atomic E-state index is 0. The van der Waals surface area contributed by atoms with Crippen LogP contribution >= 0.6 is 23.2 Å². The quantitative estimate of drug-likeness (QED) is 0.214. The predicted molar refractivity (Wildman–Crippen MR) is 118 cm³/mol. The van der Waals surface area contributed by atoms with Crippen molar-refractivity contribution in [3.05, 3.63) is 52.5 Å². The van der Waals surface area contributed by atoms with Crippen LogP contribution in [0.3, 0.4) is 0 Å². The summed E-state index contributed by atoms with van der Waals surface area (Å²) in [4.78, 5) is 2.19. The number of azo groups is 1. The molecule has 0 aliphatic heterocycles. The van der Waals surface area contributed by atoms with E-state index in [0.29, 0.717) is 40.8 Å². The van der Waals surface area contributed by atoms with E-state index in [1.807, 2.05) is 24.3 Å². The van der Waals surface area contributed by atoms with Gasteiger partial charge in [-0.2, -0.15) is 5.11 Å². The predicted octanol–water partition coefficient (Wildman–Crippen LogP) is 3.34. The number of hydrogen-bond acceptors (Lipinski definition) is 6. The molecular weight excluding hydrogens is 456 g/mol. The molecule has 0 bridgehead atoms. The van der Waals surface area contributed by atoms with Crippen LogP contribution in [0.1, 0.15) is 32.6 Å². The second-order valence-electron chi connectivity index (χ2n) is 6.62. The smallest absolute Gasteiger partial charge is 0.748 e. The normalized spacial score (nSPS) is 11.5. The summed E-state index contributed by atoms with van der Waals surface area (Å²) >= 11 is 12.0. The van der Waals surface area contributed by atoms with Crippen LogP contribution in [0.25, 0.3) is 0 Å². The fraction of sp³-hybridized carbons (Fsp3) is 0.400. The minimum atomic E-state index is -4.15. The Balaban J connectivity index is 0.00000450. The summed E-state index contributed by atoms with van der Waals surface area (Å²) in [6.07, 6.45) is 3.08. The Labute approximate surface area is 210 Å². The average molecular weight is 480 g/mol. The summed E-state index contributed by atoms with van der Waals surface area (Å²) in [6.45, 7) is 3.67. The van der Waals surface area contributed by atoms with Crippen LogP contribution in [0.15, 0.2) is 52.7 Å². The van der Waals surface area contributed by atoms with Gasteiger partial charge in [-0.15, -0.1) is 5.11 Å². The molecule has 6 nitrogen and oxygen atoms in total. The van der Waals surface area contributed by atoms with E-state index in [2.05, 4.69) is 22.1 Å². The fourth-order valence-electron chi connectivity index (χ4n) is 2.70. The van der Waals surface area contributed by atoms with Crippen LogP contribution in [0.5, 0.6) is 0 Å². The van der Waals surface area contributed by atoms with Crippen LogP contribution in [0, 0.1) is 0 Å². The molecule has 0 heterocycles. The molecule has 0 radical (unpaired) electrons. The zero-order valence-electron chi connectivity index (χ0n) is 17.2. The summed E-state index contributed by atoms with van der Waals surface area (Å²) in [5, 5.41) is 9.37. The van der Waals surface area contributed by atoms with Gasteiger partial charge < -0.3 is 9.45 Å². The molecule has 158 valence electrons. The SMILES string of the molecule is CCCCN(CCCCS(=O)(=O)[O-])c1ccc(N=Nc2cc(Cl)ccc2Cl)cc1.[Na+]. The first-order chi connectivity index (χ1) is 13.8. The summed E-state index contributed by atoms with van der Waals surface area (Å²) < 4.78 is 32.3. The second-order valence-corrected chi connectivity index (χ2v) is 8.99. The molecule has 30 heavy (non-hydrogen) atoms. The Morgan fingerprint density at radius 3 is 2.27 bits per heavy atom. The Hall–Kier alpha value is -0.670. The molecule has 2 aromatic rings. The van der Waals surface area contributed by atoms with Crippen molar-refractivity contribution in [2.45, 2.75) is 32.6 Å². The van der Waals surface area contributed by atoms with Gasteiger partial charge in [-0.1, -0.05) is 36.5 Å². The van der Waals surface area contributed by atoms with E-state index in [0.717, 1.165) is 25.1 Å². The topological polar surface area (TPSA) is 85.2 Å². The molecule has 0 saturated carbocycles. The molecule has 0 unspecified atom stereocenters. The van der Waals surface area contributed by atoms with Gasteiger partial charge in [0, 0.05) is 29.6 Å². The van der Waals surface area contributed by atoms with Crippen molar-refractivity contribution in [1.29, 1.82) is 0 Å². The Kier molecular flexibility index (Phi) is 12.5. The third-order valence-corrected chi connectivity index (χ3v) is 5.59. The molecule has 0 saturated heterocycles. The van der Waals surface area contributed by atoms with E-state index in [9.17, 15) is 13.0 Å².